The molecule has 0 amide bonds. The first-order chi connectivity index (χ1) is 9.61. The molecule has 2 N–H and O–H groups in total. The molecular formula is C15H26N4O. The lowest BCUT2D eigenvalue weighted by Crippen LogP contribution is -2.26. The number of nitrogens with zero attached hydrogens (tertiary/aromatic N) is 3. The van der Waals surface area contributed by atoms with Crippen LogP contribution in [0.4, 0.5) is 11.8 Å². The zero-order valence-electron chi connectivity index (χ0n) is 12.9. The average Bonchev–Trinajstić information content (AvgIpc) is 2.45. The van der Waals surface area contributed by atoms with E-state index in [1.165, 1.54) is 24.8 Å². The van der Waals surface area contributed by atoms with Gasteiger partial charge in [0.25, 0.3) is 0 Å². The van der Waals surface area contributed by atoms with E-state index in [1.807, 2.05) is 6.92 Å². The summed E-state index contributed by atoms with van der Waals surface area (Å²) >= 11 is 0. The number of ether oxygens (including phenoxy) is 1. The molecule has 0 aliphatic carbocycles. The summed E-state index contributed by atoms with van der Waals surface area (Å²) in [4.78, 5) is 10.9. The van der Waals surface area contributed by atoms with Gasteiger partial charge in [0.1, 0.15) is 5.82 Å². The number of aryl methyl sites for hydroxylation is 1. The van der Waals surface area contributed by atoms with Gasteiger partial charge in [-0.15, -0.1) is 0 Å². The summed E-state index contributed by atoms with van der Waals surface area (Å²) in [5, 5.41) is 0. The molecule has 0 atom stereocenters. The van der Waals surface area contributed by atoms with Crippen molar-refractivity contribution in [2.24, 2.45) is 5.92 Å². The van der Waals surface area contributed by atoms with Gasteiger partial charge in [0.2, 0.25) is 5.95 Å². The van der Waals surface area contributed by atoms with Crippen LogP contribution < -0.4 is 10.6 Å². The molecule has 112 valence electrons. The third-order valence-electron chi connectivity index (χ3n) is 4.14. The first kappa shape index (κ1) is 15.0. The lowest BCUT2D eigenvalue weighted by molar-refractivity contribution is 0.0645. The summed E-state index contributed by atoms with van der Waals surface area (Å²) in [6.07, 6.45) is 4.48. The van der Waals surface area contributed by atoms with Crippen molar-refractivity contribution in [2.45, 2.75) is 39.5 Å². The molecule has 0 spiro atoms. The van der Waals surface area contributed by atoms with Crippen molar-refractivity contribution in [3.05, 3.63) is 11.3 Å². The third-order valence-corrected chi connectivity index (χ3v) is 4.14. The van der Waals surface area contributed by atoms with Gasteiger partial charge >= 0.3 is 0 Å². The van der Waals surface area contributed by atoms with Crippen molar-refractivity contribution in [1.82, 2.24) is 9.97 Å². The Balaban J connectivity index is 2.02. The van der Waals surface area contributed by atoms with Crippen LogP contribution >= 0.6 is 0 Å². The minimum absolute atomic E-state index is 0.368. The quantitative estimate of drug-likeness (QED) is 0.894. The highest BCUT2D eigenvalue weighted by molar-refractivity contribution is 5.51. The summed E-state index contributed by atoms with van der Waals surface area (Å²) < 4.78 is 5.41. The summed E-state index contributed by atoms with van der Waals surface area (Å²) in [5.41, 5.74) is 7.99. The van der Waals surface area contributed by atoms with E-state index in [4.69, 9.17) is 10.5 Å². The molecule has 1 aromatic rings. The second-order valence-electron chi connectivity index (χ2n) is 5.59. The van der Waals surface area contributed by atoms with E-state index in [0.29, 0.717) is 5.95 Å². The maximum Gasteiger partial charge on any atom is 0.222 e. The van der Waals surface area contributed by atoms with Gasteiger partial charge in [-0.3, -0.25) is 0 Å². The molecule has 0 aromatic carbocycles. The molecule has 5 heteroatoms. The van der Waals surface area contributed by atoms with Gasteiger partial charge in [-0.2, -0.15) is 4.98 Å². The molecule has 2 rings (SSSR count). The van der Waals surface area contributed by atoms with Crippen molar-refractivity contribution in [3.8, 4) is 0 Å². The van der Waals surface area contributed by atoms with Gasteiger partial charge in [0.15, 0.2) is 0 Å². The molecule has 0 unspecified atom stereocenters. The van der Waals surface area contributed by atoms with Gasteiger partial charge in [-0.1, -0.05) is 6.92 Å². The molecule has 1 aromatic heterocycles. The number of rotatable bonds is 5. The number of hydrogen-bond donors (Lipinski definition) is 1. The summed E-state index contributed by atoms with van der Waals surface area (Å²) in [6.45, 7) is 6.97. The molecule has 1 aliphatic heterocycles. The van der Waals surface area contributed by atoms with Crippen molar-refractivity contribution in [1.29, 1.82) is 0 Å². The highest BCUT2D eigenvalue weighted by atomic mass is 16.5. The second kappa shape index (κ2) is 6.88. The van der Waals surface area contributed by atoms with Crippen LogP contribution in [0.2, 0.25) is 0 Å². The van der Waals surface area contributed by atoms with Gasteiger partial charge in [-0.05, 0) is 38.5 Å². The molecule has 2 heterocycles. The first-order valence-electron chi connectivity index (χ1n) is 7.53. The molecule has 5 nitrogen and oxygen atoms in total. The predicted molar refractivity (Wildman–Crippen MR) is 82.0 cm³/mol. The van der Waals surface area contributed by atoms with E-state index in [2.05, 4.69) is 28.8 Å². The molecule has 1 aliphatic rings. The monoisotopic (exact) mass is 278 g/mol. The smallest absolute Gasteiger partial charge is 0.222 e. The first-order valence-corrected chi connectivity index (χ1v) is 7.53. The fourth-order valence-corrected chi connectivity index (χ4v) is 2.85. The molecule has 1 fully saturated rings. The van der Waals surface area contributed by atoms with Crippen LogP contribution in [0.25, 0.3) is 0 Å². The standard InChI is InChI=1S/C15H26N4O/c1-4-13-11(2)17-15(16)18-14(13)19(3)8-5-12-6-9-20-10-7-12/h12H,4-10H2,1-3H3,(H2,16,17,18). The zero-order chi connectivity index (χ0) is 14.5. The van der Waals surface area contributed by atoms with Crippen molar-refractivity contribution in [3.63, 3.8) is 0 Å². The van der Waals surface area contributed by atoms with Gasteiger partial charge in [-0.25, -0.2) is 4.98 Å². The molecule has 0 saturated carbocycles. The van der Waals surface area contributed by atoms with E-state index >= 15 is 0 Å². The highest BCUT2D eigenvalue weighted by Gasteiger charge is 2.17. The Morgan fingerprint density at radius 2 is 2.00 bits per heavy atom. The summed E-state index contributed by atoms with van der Waals surface area (Å²) in [6, 6.07) is 0. The summed E-state index contributed by atoms with van der Waals surface area (Å²) in [7, 11) is 2.10. The van der Waals surface area contributed by atoms with Crippen molar-refractivity contribution in [2.75, 3.05) is 37.4 Å². The maximum atomic E-state index is 5.79. The fourth-order valence-electron chi connectivity index (χ4n) is 2.85. The Labute approximate surface area is 121 Å². The highest BCUT2D eigenvalue weighted by Crippen LogP contribution is 2.24. The number of hydrogen-bond acceptors (Lipinski definition) is 5. The summed E-state index contributed by atoms with van der Waals surface area (Å²) in [5.74, 6) is 2.13. The van der Waals surface area contributed by atoms with E-state index in [-0.39, 0.29) is 0 Å². The SMILES string of the molecule is CCc1c(C)nc(N)nc1N(C)CCC1CCOCC1. The van der Waals surface area contributed by atoms with Crippen molar-refractivity contribution >= 4 is 11.8 Å². The molecular weight excluding hydrogens is 252 g/mol. The minimum atomic E-state index is 0.368. The van der Waals surface area contributed by atoms with Crippen LogP contribution in [-0.4, -0.2) is 36.8 Å². The second-order valence-corrected chi connectivity index (χ2v) is 5.59. The number of aromatic nitrogens is 2. The zero-order valence-corrected chi connectivity index (χ0v) is 12.9. The Morgan fingerprint density at radius 3 is 2.65 bits per heavy atom. The number of anilines is 2. The molecule has 0 bridgehead atoms. The maximum absolute atomic E-state index is 5.79. The van der Waals surface area contributed by atoms with Crippen molar-refractivity contribution < 1.29 is 4.74 Å². The predicted octanol–water partition coefficient (Wildman–Crippen LogP) is 2.18. The molecule has 0 radical (unpaired) electrons. The fraction of sp³-hybridized carbons (Fsp3) is 0.733. The van der Waals surface area contributed by atoms with E-state index in [0.717, 1.165) is 43.6 Å². The lowest BCUT2D eigenvalue weighted by atomic mass is 9.96. The number of nitrogen functional groups attached to an aromatic ring is 1. The Hall–Kier alpha value is -1.36. The lowest BCUT2D eigenvalue weighted by Gasteiger charge is -2.26. The van der Waals surface area contributed by atoms with Gasteiger partial charge in [0.05, 0.1) is 0 Å². The minimum Gasteiger partial charge on any atom is -0.381 e. The Kier molecular flexibility index (Phi) is 5.17. The van der Waals surface area contributed by atoms with Crippen LogP contribution in [0.15, 0.2) is 0 Å². The third kappa shape index (κ3) is 3.60. The Morgan fingerprint density at radius 1 is 1.30 bits per heavy atom. The van der Waals surface area contributed by atoms with Crippen LogP contribution in [0.5, 0.6) is 0 Å². The average molecular weight is 278 g/mol. The van der Waals surface area contributed by atoms with Crippen LogP contribution in [0.1, 0.15) is 37.4 Å². The van der Waals surface area contributed by atoms with Crippen LogP contribution in [0.3, 0.4) is 0 Å². The molecule has 1 saturated heterocycles. The normalized spacial score (nSPS) is 16.4. The largest absolute Gasteiger partial charge is 0.381 e. The van der Waals surface area contributed by atoms with Crippen LogP contribution in [-0.2, 0) is 11.2 Å². The van der Waals surface area contributed by atoms with Gasteiger partial charge < -0.3 is 15.4 Å². The molecule has 20 heavy (non-hydrogen) atoms. The van der Waals surface area contributed by atoms with Crippen LogP contribution in [0, 0.1) is 12.8 Å². The topological polar surface area (TPSA) is 64.3 Å². The van der Waals surface area contributed by atoms with Gasteiger partial charge in [0, 0.05) is 38.1 Å². The Bertz CT molecular complexity index is 444. The van der Waals surface area contributed by atoms with E-state index in [9.17, 15) is 0 Å². The van der Waals surface area contributed by atoms with E-state index in [1.54, 1.807) is 0 Å². The van der Waals surface area contributed by atoms with E-state index < -0.39 is 0 Å². The number of nitrogens with two attached hydrogens (primary N) is 1.